The third kappa shape index (κ3) is 3.29. The quantitative estimate of drug-likeness (QED) is 0.303. The number of nitrogens with one attached hydrogen (secondary N) is 1. The third-order valence-corrected chi connectivity index (χ3v) is 6.26. The number of nitrogens with zero attached hydrogens (tertiary/aromatic N) is 5. The van der Waals surface area contributed by atoms with Gasteiger partial charge in [-0.2, -0.15) is 0 Å². The summed E-state index contributed by atoms with van der Waals surface area (Å²) in [5.74, 6) is 2.54. The Morgan fingerprint density at radius 3 is 2.67 bits per heavy atom. The van der Waals surface area contributed by atoms with Gasteiger partial charge in [0, 0.05) is 25.0 Å². The van der Waals surface area contributed by atoms with Crippen molar-refractivity contribution in [3.8, 4) is 16.8 Å². The van der Waals surface area contributed by atoms with E-state index in [1.54, 1.807) is 12.4 Å². The van der Waals surface area contributed by atoms with Gasteiger partial charge in [0.05, 0.1) is 20.3 Å². The van der Waals surface area contributed by atoms with Gasteiger partial charge in [-0.15, -0.1) is 10.2 Å². The summed E-state index contributed by atoms with van der Waals surface area (Å²) < 4.78 is 2.20. The molecule has 1 N–H and O–H groups in total. The molecule has 4 heterocycles. The predicted molar refractivity (Wildman–Crippen MR) is 125 cm³/mol. The number of aryl methyl sites for hydroxylation is 1. The van der Waals surface area contributed by atoms with Gasteiger partial charge >= 0.3 is 0 Å². The van der Waals surface area contributed by atoms with Crippen LogP contribution in [-0.2, 0) is 0 Å². The highest BCUT2D eigenvalue weighted by Gasteiger charge is 2.29. The van der Waals surface area contributed by atoms with Gasteiger partial charge in [-0.25, -0.2) is 4.98 Å². The maximum atomic E-state index is 11.5. The lowest BCUT2D eigenvalue weighted by Crippen LogP contribution is -2.21. The largest absolute Gasteiger partial charge is 0.328 e. The Labute approximate surface area is 190 Å². The number of benzene rings is 1. The van der Waals surface area contributed by atoms with E-state index < -0.39 is 0 Å². The van der Waals surface area contributed by atoms with Crippen molar-refractivity contribution < 1.29 is 0 Å². The van der Waals surface area contributed by atoms with Crippen LogP contribution in [-0.4, -0.2) is 31.3 Å². The molecular formula is C21H16ClIN6O. The van der Waals surface area contributed by atoms with Crippen LogP contribution in [0.4, 0.5) is 11.5 Å². The molecule has 1 aromatic carbocycles. The van der Waals surface area contributed by atoms with Crippen molar-refractivity contribution in [1.82, 2.24) is 24.7 Å². The monoisotopic (exact) mass is 530 g/mol. The number of rotatable bonds is 2. The first-order chi connectivity index (χ1) is 14.5. The molecule has 0 saturated heterocycles. The van der Waals surface area contributed by atoms with E-state index in [1.807, 2.05) is 31.2 Å². The molecule has 0 unspecified atom stereocenters. The molecule has 0 aliphatic carbocycles. The molecule has 3 aromatic heterocycles. The zero-order valence-electron chi connectivity index (χ0n) is 15.9. The third-order valence-electron chi connectivity index (χ3n) is 5.09. The van der Waals surface area contributed by atoms with Crippen LogP contribution in [0, 0.1) is 6.92 Å². The number of halogens is 2. The second kappa shape index (κ2) is 7.51. The summed E-state index contributed by atoms with van der Waals surface area (Å²) in [6.07, 6.45) is 3.38. The van der Waals surface area contributed by atoms with Crippen LogP contribution in [0.3, 0.4) is 0 Å². The first-order valence-corrected chi connectivity index (χ1v) is 10.9. The van der Waals surface area contributed by atoms with Gasteiger partial charge in [0.2, 0.25) is 5.56 Å². The van der Waals surface area contributed by atoms with Crippen molar-refractivity contribution >= 4 is 45.7 Å². The number of fused-ring (bicyclic) bond motifs is 3. The van der Waals surface area contributed by atoms with E-state index in [2.05, 4.69) is 64.4 Å². The smallest absolute Gasteiger partial charge is 0.247 e. The molecule has 0 saturated carbocycles. The molecule has 0 fully saturated rings. The topological polar surface area (TPSA) is 79.7 Å². The molecule has 30 heavy (non-hydrogen) atoms. The summed E-state index contributed by atoms with van der Waals surface area (Å²) in [4.78, 5) is 21.0. The van der Waals surface area contributed by atoms with Crippen molar-refractivity contribution in [1.29, 1.82) is 0 Å². The Kier molecular flexibility index (Phi) is 4.82. The van der Waals surface area contributed by atoms with E-state index in [-0.39, 0.29) is 9.48 Å². The highest BCUT2D eigenvalue weighted by Crippen LogP contribution is 2.41. The van der Waals surface area contributed by atoms with Gasteiger partial charge in [0.25, 0.3) is 0 Å². The number of H-pyrrole nitrogens is 1. The fourth-order valence-corrected chi connectivity index (χ4v) is 4.57. The average Bonchev–Trinajstić information content (AvgIpc) is 3.08. The number of aromatic amines is 1. The van der Waals surface area contributed by atoms with Crippen LogP contribution >= 0.6 is 34.2 Å². The maximum Gasteiger partial charge on any atom is 0.247 e. The van der Waals surface area contributed by atoms with Gasteiger partial charge in [0.15, 0.2) is 5.82 Å². The molecule has 5 rings (SSSR count). The molecule has 7 nitrogen and oxygen atoms in total. The van der Waals surface area contributed by atoms with Gasteiger partial charge in [-0.1, -0.05) is 40.3 Å². The number of hydrogen-bond acceptors (Lipinski definition) is 5. The Balaban J connectivity index is 1.74. The van der Waals surface area contributed by atoms with E-state index in [0.717, 1.165) is 40.0 Å². The zero-order chi connectivity index (χ0) is 20.8. The van der Waals surface area contributed by atoms with Crippen LogP contribution in [0.5, 0.6) is 0 Å². The molecule has 150 valence electrons. The molecule has 4 aromatic rings. The van der Waals surface area contributed by atoms with Crippen LogP contribution in [0.25, 0.3) is 16.8 Å². The standard InChI is InChI=1S/C21H16ClIN6O/c1-12-26-27-21-16(23)11-28(19-6-4-15(22)10-24-19)18-8-13(2-5-17(18)29(12)21)14-3-7-20(30)25-9-14/h2-10,16H,11H2,1H3,(H,25,30)/t16-/m1/s1. The fourth-order valence-electron chi connectivity index (χ4n) is 3.66. The van der Waals surface area contributed by atoms with Gasteiger partial charge in [-0.3, -0.25) is 9.36 Å². The first-order valence-electron chi connectivity index (χ1n) is 9.30. The van der Waals surface area contributed by atoms with E-state index in [1.165, 1.54) is 6.07 Å². The van der Waals surface area contributed by atoms with E-state index in [4.69, 9.17) is 11.6 Å². The van der Waals surface area contributed by atoms with E-state index in [9.17, 15) is 4.79 Å². The molecule has 0 amide bonds. The summed E-state index contributed by atoms with van der Waals surface area (Å²) in [6.45, 7) is 2.63. The van der Waals surface area contributed by atoms with Crippen molar-refractivity contribution in [2.45, 2.75) is 10.8 Å². The maximum absolute atomic E-state index is 11.5. The Morgan fingerprint density at radius 2 is 1.93 bits per heavy atom. The number of pyridine rings is 2. The van der Waals surface area contributed by atoms with Gasteiger partial charge in [-0.05, 0) is 48.4 Å². The van der Waals surface area contributed by atoms with Crippen molar-refractivity contribution in [2.75, 3.05) is 11.4 Å². The number of aromatic nitrogens is 5. The van der Waals surface area contributed by atoms with Crippen LogP contribution < -0.4 is 10.5 Å². The van der Waals surface area contributed by atoms with Crippen LogP contribution in [0.2, 0.25) is 5.02 Å². The first kappa shape index (κ1) is 19.3. The van der Waals surface area contributed by atoms with Gasteiger partial charge < -0.3 is 9.88 Å². The lowest BCUT2D eigenvalue weighted by Gasteiger charge is -2.25. The Bertz CT molecular complexity index is 1280. The normalized spacial score (nSPS) is 15.4. The van der Waals surface area contributed by atoms with E-state index >= 15 is 0 Å². The summed E-state index contributed by atoms with van der Waals surface area (Å²) in [6, 6.07) is 13.3. The molecule has 9 heteroatoms. The lowest BCUT2D eigenvalue weighted by atomic mass is 10.1. The molecular weight excluding hydrogens is 515 g/mol. The van der Waals surface area contributed by atoms with Crippen LogP contribution in [0.1, 0.15) is 15.6 Å². The Hall–Kier alpha value is -2.72. The van der Waals surface area contributed by atoms with Crippen molar-refractivity contribution in [3.63, 3.8) is 0 Å². The summed E-state index contributed by atoms with van der Waals surface area (Å²) >= 11 is 8.47. The lowest BCUT2D eigenvalue weighted by molar-refractivity contribution is 0.836. The van der Waals surface area contributed by atoms with Gasteiger partial charge in [0.1, 0.15) is 11.6 Å². The van der Waals surface area contributed by atoms with Crippen molar-refractivity contribution in [2.24, 2.45) is 0 Å². The van der Waals surface area contributed by atoms with Crippen LogP contribution in [0.15, 0.2) is 59.7 Å². The number of anilines is 2. The van der Waals surface area contributed by atoms with E-state index in [0.29, 0.717) is 11.6 Å². The molecule has 1 aliphatic rings. The highest BCUT2D eigenvalue weighted by atomic mass is 127. The minimum absolute atomic E-state index is 0.102. The summed E-state index contributed by atoms with van der Waals surface area (Å²) in [7, 11) is 0. The minimum Gasteiger partial charge on any atom is -0.328 e. The number of alkyl halides is 1. The SMILES string of the molecule is Cc1nnc2n1-c1ccc(-c3ccc(=O)[nH]c3)cc1N(c1ccc(Cl)cn1)C[C@H]2I. The minimum atomic E-state index is -0.127. The van der Waals surface area contributed by atoms with Crippen molar-refractivity contribution in [3.05, 3.63) is 81.9 Å². The predicted octanol–water partition coefficient (Wildman–Crippen LogP) is 4.61. The second-order valence-electron chi connectivity index (χ2n) is 7.00. The number of hydrogen-bond donors (Lipinski definition) is 1. The fraction of sp³-hybridized carbons (Fsp3) is 0.143. The Morgan fingerprint density at radius 1 is 1.10 bits per heavy atom. The second-order valence-corrected chi connectivity index (χ2v) is 8.94. The molecule has 0 bridgehead atoms. The molecule has 1 aliphatic heterocycles. The molecule has 0 radical (unpaired) electrons. The zero-order valence-corrected chi connectivity index (χ0v) is 18.8. The molecule has 1 atom stereocenters. The summed E-state index contributed by atoms with van der Waals surface area (Å²) in [5, 5.41) is 9.32. The highest BCUT2D eigenvalue weighted by molar-refractivity contribution is 14.1. The average molecular weight is 531 g/mol. The summed E-state index contributed by atoms with van der Waals surface area (Å²) in [5.41, 5.74) is 3.76. The molecule has 0 spiro atoms.